The number of aryl methyl sites for hydroxylation is 1. The number of ether oxygens (including phenoxy) is 1. The molecule has 0 radical (unpaired) electrons. The number of hydrogen-bond donors (Lipinski definition) is 0. The van der Waals surface area contributed by atoms with Crippen LogP contribution in [0, 0.1) is 0 Å². The zero-order valence-corrected chi connectivity index (χ0v) is 10.3. The lowest BCUT2D eigenvalue weighted by Crippen LogP contribution is -2.10. The number of nitrogens with zero attached hydrogens (tertiary/aromatic N) is 2. The van der Waals surface area contributed by atoms with Gasteiger partial charge in [0.2, 0.25) is 0 Å². The maximum absolute atomic E-state index is 12.8. The highest BCUT2D eigenvalue weighted by Gasteiger charge is 2.34. The highest BCUT2D eigenvalue weighted by atomic mass is 19.4. The third-order valence-electron chi connectivity index (χ3n) is 2.69. The van der Waals surface area contributed by atoms with Crippen LogP contribution in [0.4, 0.5) is 13.2 Å². The van der Waals surface area contributed by atoms with Crippen LogP contribution in [0.25, 0.3) is 0 Å². The van der Waals surface area contributed by atoms with Crippen LogP contribution in [-0.2, 0) is 19.3 Å². The Kier molecular flexibility index (Phi) is 3.78. The first kappa shape index (κ1) is 13.5. The Hall–Kier alpha value is -1.98. The number of imidazole rings is 1. The van der Waals surface area contributed by atoms with Crippen LogP contribution in [0.1, 0.15) is 18.3 Å². The predicted molar refractivity (Wildman–Crippen MR) is 63.7 cm³/mol. The maximum atomic E-state index is 12.8. The third kappa shape index (κ3) is 3.07. The summed E-state index contributed by atoms with van der Waals surface area (Å²) in [5.41, 5.74) is -0.774. The van der Waals surface area contributed by atoms with Crippen molar-refractivity contribution in [2.45, 2.75) is 26.3 Å². The summed E-state index contributed by atoms with van der Waals surface area (Å²) in [7, 11) is 0. The van der Waals surface area contributed by atoms with E-state index in [4.69, 9.17) is 4.74 Å². The van der Waals surface area contributed by atoms with Gasteiger partial charge in [-0.3, -0.25) is 0 Å². The predicted octanol–water partition coefficient (Wildman–Crippen LogP) is 3.50. The van der Waals surface area contributed by atoms with Crippen molar-refractivity contribution in [3.05, 3.63) is 48.0 Å². The molecule has 6 heteroatoms. The van der Waals surface area contributed by atoms with Crippen molar-refractivity contribution in [3.8, 4) is 5.75 Å². The molecule has 0 aliphatic rings. The maximum Gasteiger partial charge on any atom is 0.419 e. The Bertz CT molecular complexity index is 549. The lowest BCUT2D eigenvalue weighted by atomic mass is 10.2. The fraction of sp³-hybridized carbons (Fsp3) is 0.308. The molecule has 19 heavy (non-hydrogen) atoms. The number of halogens is 3. The van der Waals surface area contributed by atoms with Crippen LogP contribution in [0.15, 0.2) is 36.7 Å². The standard InChI is InChI=1S/C13H13F3N2O/c1-2-18-8-7-17-12(18)9-19-11-6-4-3-5-10(11)13(14,15)16/h3-8H,2,9H2,1H3. The van der Waals surface area contributed by atoms with E-state index >= 15 is 0 Å². The van der Waals surface area contributed by atoms with E-state index < -0.39 is 11.7 Å². The van der Waals surface area contributed by atoms with Crippen LogP contribution in [-0.4, -0.2) is 9.55 Å². The van der Waals surface area contributed by atoms with E-state index in [1.807, 2.05) is 11.5 Å². The smallest absolute Gasteiger partial charge is 0.419 e. The zero-order chi connectivity index (χ0) is 13.9. The van der Waals surface area contributed by atoms with E-state index in [-0.39, 0.29) is 12.4 Å². The summed E-state index contributed by atoms with van der Waals surface area (Å²) in [5.74, 6) is 0.417. The molecule has 102 valence electrons. The van der Waals surface area contributed by atoms with Gasteiger partial charge >= 0.3 is 6.18 Å². The van der Waals surface area contributed by atoms with Crippen LogP contribution in [0.3, 0.4) is 0 Å². The van der Waals surface area contributed by atoms with Crippen LogP contribution >= 0.6 is 0 Å². The molecule has 0 fully saturated rings. The van der Waals surface area contributed by atoms with Crippen LogP contribution in [0.5, 0.6) is 5.75 Å². The zero-order valence-electron chi connectivity index (χ0n) is 10.3. The SMILES string of the molecule is CCn1ccnc1COc1ccccc1C(F)(F)F. The van der Waals surface area contributed by atoms with Gasteiger partial charge in [0.05, 0.1) is 5.56 Å². The number of hydrogen-bond acceptors (Lipinski definition) is 2. The van der Waals surface area contributed by atoms with Crippen molar-refractivity contribution >= 4 is 0 Å². The minimum atomic E-state index is -4.42. The molecule has 0 spiro atoms. The van der Waals surface area contributed by atoms with E-state index in [2.05, 4.69) is 4.98 Å². The Balaban J connectivity index is 2.16. The van der Waals surface area contributed by atoms with Crippen LogP contribution < -0.4 is 4.74 Å². The fourth-order valence-corrected chi connectivity index (χ4v) is 1.74. The Labute approximate surface area is 108 Å². The lowest BCUT2D eigenvalue weighted by Gasteiger charge is -2.13. The third-order valence-corrected chi connectivity index (χ3v) is 2.69. The average Bonchev–Trinajstić information content (AvgIpc) is 2.83. The van der Waals surface area contributed by atoms with E-state index in [0.717, 1.165) is 6.07 Å². The summed E-state index contributed by atoms with van der Waals surface area (Å²) in [4.78, 5) is 4.05. The molecule has 1 heterocycles. The molecular formula is C13H13F3N2O. The largest absolute Gasteiger partial charge is 0.485 e. The van der Waals surface area contributed by atoms with Crippen molar-refractivity contribution in [2.24, 2.45) is 0 Å². The number of rotatable bonds is 4. The van der Waals surface area contributed by atoms with Crippen molar-refractivity contribution < 1.29 is 17.9 Å². The molecule has 0 atom stereocenters. The molecule has 0 bridgehead atoms. The van der Waals surface area contributed by atoms with Gasteiger partial charge in [0.25, 0.3) is 0 Å². The quantitative estimate of drug-likeness (QED) is 0.850. The van der Waals surface area contributed by atoms with Gasteiger partial charge in [-0.15, -0.1) is 0 Å². The summed E-state index contributed by atoms with van der Waals surface area (Å²) in [6.45, 7) is 2.63. The van der Waals surface area contributed by atoms with E-state index in [9.17, 15) is 13.2 Å². The molecule has 2 rings (SSSR count). The molecule has 0 saturated carbocycles. The summed E-state index contributed by atoms with van der Waals surface area (Å²) in [6.07, 6.45) is -1.07. The Morgan fingerprint density at radius 2 is 2.00 bits per heavy atom. The summed E-state index contributed by atoms with van der Waals surface area (Å²) >= 11 is 0. The normalized spacial score (nSPS) is 11.6. The molecule has 0 aliphatic carbocycles. The van der Waals surface area contributed by atoms with Gasteiger partial charge in [-0.1, -0.05) is 12.1 Å². The summed E-state index contributed by atoms with van der Waals surface area (Å²) in [5, 5.41) is 0. The number of para-hydroxylation sites is 1. The van der Waals surface area contributed by atoms with Crippen molar-refractivity contribution in [2.75, 3.05) is 0 Å². The molecule has 0 saturated heterocycles. The van der Waals surface area contributed by atoms with Gasteiger partial charge in [0.1, 0.15) is 18.2 Å². The molecular weight excluding hydrogens is 257 g/mol. The second kappa shape index (κ2) is 5.34. The summed E-state index contributed by atoms with van der Waals surface area (Å²) < 4.78 is 45.3. The fourth-order valence-electron chi connectivity index (χ4n) is 1.74. The topological polar surface area (TPSA) is 27.1 Å². The minimum absolute atomic E-state index is 0.00787. The molecule has 0 unspecified atom stereocenters. The molecule has 1 aromatic heterocycles. The molecule has 0 aliphatic heterocycles. The van der Waals surface area contributed by atoms with E-state index in [1.165, 1.54) is 18.2 Å². The van der Waals surface area contributed by atoms with Crippen molar-refractivity contribution in [1.82, 2.24) is 9.55 Å². The first-order chi connectivity index (χ1) is 9.02. The molecule has 0 amide bonds. The van der Waals surface area contributed by atoms with Crippen LogP contribution in [0.2, 0.25) is 0 Å². The average molecular weight is 270 g/mol. The highest BCUT2D eigenvalue weighted by molar-refractivity contribution is 5.35. The van der Waals surface area contributed by atoms with Gasteiger partial charge in [0.15, 0.2) is 0 Å². The van der Waals surface area contributed by atoms with E-state index in [0.29, 0.717) is 12.4 Å². The Morgan fingerprint density at radius 1 is 1.26 bits per heavy atom. The van der Waals surface area contributed by atoms with Crippen molar-refractivity contribution in [1.29, 1.82) is 0 Å². The first-order valence-electron chi connectivity index (χ1n) is 5.81. The number of benzene rings is 1. The lowest BCUT2D eigenvalue weighted by molar-refractivity contribution is -0.139. The first-order valence-corrected chi connectivity index (χ1v) is 5.81. The summed E-state index contributed by atoms with van der Waals surface area (Å²) in [6, 6.07) is 5.16. The van der Waals surface area contributed by atoms with Crippen molar-refractivity contribution in [3.63, 3.8) is 0 Å². The highest BCUT2D eigenvalue weighted by Crippen LogP contribution is 2.36. The minimum Gasteiger partial charge on any atom is -0.485 e. The molecule has 3 nitrogen and oxygen atoms in total. The van der Waals surface area contributed by atoms with Gasteiger partial charge in [-0.2, -0.15) is 13.2 Å². The van der Waals surface area contributed by atoms with Gasteiger partial charge < -0.3 is 9.30 Å². The number of aromatic nitrogens is 2. The second-order valence-electron chi connectivity index (χ2n) is 3.91. The van der Waals surface area contributed by atoms with E-state index in [1.54, 1.807) is 12.4 Å². The van der Waals surface area contributed by atoms with Gasteiger partial charge in [-0.05, 0) is 19.1 Å². The monoisotopic (exact) mass is 270 g/mol. The molecule has 2 aromatic rings. The van der Waals surface area contributed by atoms with Gasteiger partial charge in [0, 0.05) is 18.9 Å². The number of alkyl halides is 3. The Morgan fingerprint density at radius 3 is 2.68 bits per heavy atom. The molecule has 1 aromatic carbocycles. The molecule has 0 N–H and O–H groups in total. The second-order valence-corrected chi connectivity index (χ2v) is 3.91. The van der Waals surface area contributed by atoms with Gasteiger partial charge in [-0.25, -0.2) is 4.98 Å².